The number of carbonyl (C=O) groups is 1. The van der Waals surface area contributed by atoms with Crippen LogP contribution in [-0.4, -0.2) is 32.6 Å². The summed E-state index contributed by atoms with van der Waals surface area (Å²) in [6.07, 6.45) is 0. The van der Waals surface area contributed by atoms with Gasteiger partial charge in [0.2, 0.25) is 0 Å². The standard InChI is InChI=1S/C19H21BrN2O5/c1-11-8-16(12(2)7-14(11)20)26-10-18(23)27-22-19(21)13-5-6-15(24-3)17(9-13)25-4/h5-9H,10H2,1-4H3,(H2,21,22). The summed E-state index contributed by atoms with van der Waals surface area (Å²) in [5, 5.41) is 3.65. The van der Waals surface area contributed by atoms with Crippen LogP contribution in [0.4, 0.5) is 0 Å². The minimum Gasteiger partial charge on any atom is -0.493 e. The van der Waals surface area contributed by atoms with Crippen LogP contribution >= 0.6 is 15.9 Å². The second kappa shape index (κ2) is 9.27. The quantitative estimate of drug-likeness (QED) is 0.309. The zero-order valence-electron chi connectivity index (χ0n) is 15.5. The molecule has 144 valence electrons. The van der Waals surface area contributed by atoms with Gasteiger partial charge in [-0.3, -0.25) is 0 Å². The lowest BCUT2D eigenvalue weighted by atomic mass is 10.1. The molecule has 0 fully saturated rings. The van der Waals surface area contributed by atoms with E-state index in [1.54, 1.807) is 18.2 Å². The van der Waals surface area contributed by atoms with Gasteiger partial charge in [0.25, 0.3) is 0 Å². The average molecular weight is 437 g/mol. The molecule has 0 aliphatic heterocycles. The summed E-state index contributed by atoms with van der Waals surface area (Å²) in [6, 6.07) is 8.76. The second-order valence-electron chi connectivity index (χ2n) is 5.67. The summed E-state index contributed by atoms with van der Waals surface area (Å²) in [7, 11) is 3.05. The lowest BCUT2D eigenvalue weighted by molar-refractivity contribution is -0.146. The summed E-state index contributed by atoms with van der Waals surface area (Å²) in [6.45, 7) is 3.53. The zero-order chi connectivity index (χ0) is 20.0. The number of hydrogen-bond acceptors (Lipinski definition) is 6. The molecule has 8 heteroatoms. The number of oxime groups is 1. The number of carbonyl (C=O) groups excluding carboxylic acids is 1. The van der Waals surface area contributed by atoms with E-state index in [1.807, 2.05) is 26.0 Å². The smallest absolute Gasteiger partial charge is 0.372 e. The Labute approximate surface area is 166 Å². The molecule has 0 spiro atoms. The van der Waals surface area contributed by atoms with Gasteiger partial charge in [-0.2, -0.15) is 0 Å². The Bertz CT molecular complexity index is 867. The molecule has 0 aliphatic carbocycles. The van der Waals surface area contributed by atoms with Crippen LogP contribution in [0.1, 0.15) is 16.7 Å². The third kappa shape index (κ3) is 5.37. The van der Waals surface area contributed by atoms with Crippen LogP contribution in [0.25, 0.3) is 0 Å². The molecule has 2 aromatic rings. The van der Waals surface area contributed by atoms with Crippen molar-refractivity contribution in [3.8, 4) is 17.2 Å². The van der Waals surface area contributed by atoms with Gasteiger partial charge in [-0.1, -0.05) is 21.1 Å². The predicted molar refractivity (Wildman–Crippen MR) is 105 cm³/mol. The number of methoxy groups -OCH3 is 2. The van der Waals surface area contributed by atoms with Gasteiger partial charge in [0.05, 0.1) is 14.2 Å². The topological polar surface area (TPSA) is 92.4 Å². The Hall–Kier alpha value is -2.74. The fourth-order valence-corrected chi connectivity index (χ4v) is 2.68. The van der Waals surface area contributed by atoms with Crippen molar-refractivity contribution < 1.29 is 23.8 Å². The second-order valence-corrected chi connectivity index (χ2v) is 6.52. The zero-order valence-corrected chi connectivity index (χ0v) is 17.1. The highest BCUT2D eigenvalue weighted by molar-refractivity contribution is 9.10. The molecule has 0 aromatic heterocycles. The SMILES string of the molecule is COc1ccc(C(N)=NOC(=O)COc2cc(C)c(Br)cc2C)cc1OC. The molecule has 2 rings (SSSR count). The van der Waals surface area contributed by atoms with Gasteiger partial charge < -0.3 is 24.8 Å². The monoisotopic (exact) mass is 436 g/mol. The largest absolute Gasteiger partial charge is 0.493 e. The lowest BCUT2D eigenvalue weighted by Crippen LogP contribution is -2.18. The predicted octanol–water partition coefficient (Wildman–Crippen LogP) is 3.33. The lowest BCUT2D eigenvalue weighted by Gasteiger charge is -2.10. The molecular weight excluding hydrogens is 416 g/mol. The maximum Gasteiger partial charge on any atom is 0.372 e. The summed E-state index contributed by atoms with van der Waals surface area (Å²) in [5.74, 6) is 1.01. The van der Waals surface area contributed by atoms with Crippen LogP contribution in [0.2, 0.25) is 0 Å². The number of rotatable bonds is 7. The van der Waals surface area contributed by atoms with Crippen molar-refractivity contribution in [1.29, 1.82) is 0 Å². The number of ether oxygens (including phenoxy) is 3. The first kappa shape index (κ1) is 20.6. The number of hydrogen-bond donors (Lipinski definition) is 1. The number of halogens is 1. The van der Waals surface area contributed by atoms with E-state index in [0.717, 1.165) is 15.6 Å². The first-order valence-electron chi connectivity index (χ1n) is 8.01. The third-order valence-corrected chi connectivity index (χ3v) is 4.58. The van der Waals surface area contributed by atoms with Crippen molar-refractivity contribution in [3.05, 3.63) is 51.5 Å². The number of nitrogens with zero attached hydrogens (tertiary/aromatic N) is 1. The molecule has 0 radical (unpaired) electrons. The molecule has 0 saturated carbocycles. The minimum atomic E-state index is -0.668. The third-order valence-electron chi connectivity index (χ3n) is 3.73. The van der Waals surface area contributed by atoms with E-state index >= 15 is 0 Å². The Balaban J connectivity index is 1.99. The van der Waals surface area contributed by atoms with Crippen molar-refractivity contribution in [2.75, 3.05) is 20.8 Å². The van der Waals surface area contributed by atoms with Crippen LogP contribution in [0.5, 0.6) is 17.2 Å². The van der Waals surface area contributed by atoms with Gasteiger partial charge in [-0.05, 0) is 55.3 Å². The van der Waals surface area contributed by atoms with Crippen LogP contribution < -0.4 is 19.9 Å². The molecule has 0 amide bonds. The Kier molecular flexibility index (Phi) is 7.06. The van der Waals surface area contributed by atoms with Crippen molar-refractivity contribution >= 4 is 27.7 Å². The number of benzene rings is 2. The van der Waals surface area contributed by atoms with Crippen molar-refractivity contribution in [2.45, 2.75) is 13.8 Å². The van der Waals surface area contributed by atoms with Crippen LogP contribution in [0.3, 0.4) is 0 Å². The van der Waals surface area contributed by atoms with Gasteiger partial charge in [0, 0.05) is 10.0 Å². The molecule has 0 heterocycles. The Morgan fingerprint density at radius 1 is 1.04 bits per heavy atom. The molecular formula is C19H21BrN2O5. The highest BCUT2D eigenvalue weighted by Crippen LogP contribution is 2.28. The fraction of sp³-hybridized carbons (Fsp3) is 0.263. The summed E-state index contributed by atoms with van der Waals surface area (Å²) in [4.78, 5) is 16.7. The summed E-state index contributed by atoms with van der Waals surface area (Å²) < 4.78 is 16.8. The number of aryl methyl sites for hydroxylation is 2. The molecule has 0 unspecified atom stereocenters. The van der Waals surface area contributed by atoms with E-state index < -0.39 is 5.97 Å². The van der Waals surface area contributed by atoms with E-state index in [9.17, 15) is 4.79 Å². The normalized spacial score (nSPS) is 11.1. The van der Waals surface area contributed by atoms with Crippen LogP contribution in [-0.2, 0) is 9.63 Å². The maximum atomic E-state index is 11.9. The number of amidine groups is 1. The molecule has 2 N–H and O–H groups in total. The van der Waals surface area contributed by atoms with E-state index in [4.69, 9.17) is 24.8 Å². The Morgan fingerprint density at radius 2 is 1.74 bits per heavy atom. The van der Waals surface area contributed by atoms with E-state index in [2.05, 4.69) is 21.1 Å². The van der Waals surface area contributed by atoms with Crippen LogP contribution in [0, 0.1) is 13.8 Å². The maximum absolute atomic E-state index is 11.9. The first-order valence-corrected chi connectivity index (χ1v) is 8.80. The minimum absolute atomic E-state index is 0.0277. The highest BCUT2D eigenvalue weighted by Gasteiger charge is 2.11. The van der Waals surface area contributed by atoms with Gasteiger partial charge in [0.15, 0.2) is 23.9 Å². The molecule has 7 nitrogen and oxygen atoms in total. The highest BCUT2D eigenvalue weighted by atomic mass is 79.9. The molecule has 0 saturated heterocycles. The van der Waals surface area contributed by atoms with Gasteiger partial charge in [-0.25, -0.2) is 4.79 Å². The van der Waals surface area contributed by atoms with Gasteiger partial charge in [0.1, 0.15) is 5.75 Å². The van der Waals surface area contributed by atoms with Crippen LogP contribution in [0.15, 0.2) is 40.0 Å². The van der Waals surface area contributed by atoms with Gasteiger partial charge >= 0.3 is 5.97 Å². The van der Waals surface area contributed by atoms with Crippen molar-refractivity contribution in [2.24, 2.45) is 10.9 Å². The van der Waals surface area contributed by atoms with Crippen molar-refractivity contribution in [1.82, 2.24) is 0 Å². The molecule has 2 aromatic carbocycles. The van der Waals surface area contributed by atoms with E-state index in [1.165, 1.54) is 14.2 Å². The van der Waals surface area contributed by atoms with E-state index in [-0.39, 0.29) is 12.4 Å². The Morgan fingerprint density at radius 3 is 2.41 bits per heavy atom. The van der Waals surface area contributed by atoms with Crippen molar-refractivity contribution in [3.63, 3.8) is 0 Å². The molecule has 0 atom stereocenters. The molecule has 0 aliphatic rings. The van der Waals surface area contributed by atoms with Gasteiger partial charge in [-0.15, -0.1) is 0 Å². The summed E-state index contributed by atoms with van der Waals surface area (Å²) >= 11 is 3.45. The fourth-order valence-electron chi connectivity index (χ4n) is 2.22. The average Bonchev–Trinajstić information content (AvgIpc) is 2.67. The van der Waals surface area contributed by atoms with E-state index in [0.29, 0.717) is 22.8 Å². The molecule has 0 bridgehead atoms. The molecule has 27 heavy (non-hydrogen) atoms. The summed E-state index contributed by atoms with van der Waals surface area (Å²) in [5.41, 5.74) is 8.28. The first-order chi connectivity index (χ1) is 12.8. The number of nitrogens with two attached hydrogens (primary N) is 1.